The highest BCUT2D eigenvalue weighted by Gasteiger charge is 2.66. The van der Waals surface area contributed by atoms with Crippen molar-refractivity contribution in [1.82, 2.24) is 0 Å². The Morgan fingerprint density at radius 1 is 1.12 bits per heavy atom. The number of carbonyl (C=O) groups is 2. The molecule has 3 fully saturated rings. The number of aliphatic hydroxyl groups excluding tert-OH is 2. The summed E-state index contributed by atoms with van der Waals surface area (Å²) in [6.07, 6.45) is 9.76. The lowest BCUT2D eigenvalue weighted by molar-refractivity contribution is -0.157. The van der Waals surface area contributed by atoms with Crippen LogP contribution in [0, 0.1) is 45.3 Å². The van der Waals surface area contributed by atoms with Gasteiger partial charge in [-0.3, -0.25) is 9.59 Å². The van der Waals surface area contributed by atoms with Crippen LogP contribution in [0.5, 0.6) is 0 Å². The molecule has 4 aliphatic rings. The van der Waals surface area contributed by atoms with Crippen LogP contribution in [0.4, 0.5) is 0 Å². The molecule has 0 bridgehead atoms. The van der Waals surface area contributed by atoms with E-state index in [1.165, 1.54) is 5.57 Å². The van der Waals surface area contributed by atoms with Crippen LogP contribution < -0.4 is 0 Å². The van der Waals surface area contributed by atoms with Crippen LogP contribution in [0.15, 0.2) is 23.3 Å². The summed E-state index contributed by atoms with van der Waals surface area (Å²) in [5.41, 5.74) is 1.63. The van der Waals surface area contributed by atoms with E-state index >= 15 is 0 Å². The van der Waals surface area contributed by atoms with Gasteiger partial charge in [-0.1, -0.05) is 47.1 Å². The lowest BCUT2D eigenvalue weighted by atomic mass is 9.40. The molecule has 0 amide bonds. The molecule has 4 rings (SSSR count). The predicted molar refractivity (Wildman–Crippen MR) is 135 cm³/mol. The number of carbonyl (C=O) groups excluding carboxylic acids is 2. The molecule has 34 heavy (non-hydrogen) atoms. The van der Waals surface area contributed by atoms with Crippen molar-refractivity contribution in [2.75, 3.05) is 6.61 Å². The molecule has 0 aromatic heterocycles. The summed E-state index contributed by atoms with van der Waals surface area (Å²) in [5, 5.41) is 20.0. The Kier molecular flexibility index (Phi) is 6.38. The van der Waals surface area contributed by atoms with Crippen molar-refractivity contribution in [2.24, 2.45) is 45.3 Å². The molecular formula is C30H46O4. The molecule has 4 aliphatic carbocycles. The second-order valence-electron chi connectivity index (χ2n) is 13.6. The second kappa shape index (κ2) is 8.40. The zero-order valence-corrected chi connectivity index (χ0v) is 22.4. The zero-order chi connectivity index (χ0) is 25.3. The maximum atomic E-state index is 13.7. The summed E-state index contributed by atoms with van der Waals surface area (Å²) in [6.45, 7) is 15.3. The fourth-order valence-electron chi connectivity index (χ4n) is 9.38. The van der Waals surface area contributed by atoms with E-state index in [9.17, 15) is 19.8 Å². The minimum atomic E-state index is -0.424. The molecule has 0 unspecified atom stereocenters. The number of allylic oxidation sites excluding steroid dienone is 3. The van der Waals surface area contributed by atoms with Gasteiger partial charge in [-0.05, 0) is 97.2 Å². The van der Waals surface area contributed by atoms with Gasteiger partial charge in [0.25, 0.3) is 0 Å². The molecule has 3 saturated carbocycles. The highest BCUT2D eigenvalue weighted by molar-refractivity contribution is 5.95. The van der Waals surface area contributed by atoms with Gasteiger partial charge in [-0.25, -0.2) is 0 Å². The van der Waals surface area contributed by atoms with Gasteiger partial charge in [-0.15, -0.1) is 0 Å². The van der Waals surface area contributed by atoms with Crippen LogP contribution in [0.1, 0.15) is 93.4 Å². The Labute approximate surface area is 206 Å². The minimum Gasteiger partial charge on any atom is -0.393 e. The van der Waals surface area contributed by atoms with E-state index in [0.29, 0.717) is 18.3 Å². The Bertz CT molecular complexity index is 928. The fraction of sp³-hybridized carbons (Fsp3) is 0.800. The maximum absolute atomic E-state index is 13.7. The van der Waals surface area contributed by atoms with Crippen LogP contribution in [0.25, 0.3) is 0 Å². The van der Waals surface area contributed by atoms with E-state index in [2.05, 4.69) is 41.5 Å². The Balaban J connectivity index is 1.66. The largest absolute Gasteiger partial charge is 0.393 e. The first-order valence-electron chi connectivity index (χ1n) is 13.5. The van der Waals surface area contributed by atoms with E-state index < -0.39 is 11.5 Å². The van der Waals surface area contributed by atoms with Crippen molar-refractivity contribution in [3.05, 3.63) is 23.3 Å². The van der Waals surface area contributed by atoms with Crippen LogP contribution in [0.3, 0.4) is 0 Å². The standard InChI is InChI=1S/C30H46O4/c1-18(17-31)14-20(32)15-19(2)21-8-12-30(7)23-16-24(33)26-27(3,4)25(34)10-11-28(26,5)22(23)9-13-29(21,30)6/h14,16,19,21-22,25-26,31,34H,8-13,15,17H2,1-7H3/b18-14+/t19-,21+,22-,25-,26-,28+,29-,30+/m0/s1. The van der Waals surface area contributed by atoms with Crippen molar-refractivity contribution in [3.63, 3.8) is 0 Å². The molecular weight excluding hydrogens is 424 g/mol. The molecule has 0 saturated heterocycles. The van der Waals surface area contributed by atoms with E-state index in [4.69, 9.17) is 0 Å². The normalized spacial score (nSPS) is 44.6. The molecule has 0 radical (unpaired) electrons. The quantitative estimate of drug-likeness (QED) is 0.508. The smallest absolute Gasteiger partial charge is 0.159 e. The monoisotopic (exact) mass is 470 g/mol. The summed E-state index contributed by atoms with van der Waals surface area (Å²) in [4.78, 5) is 26.3. The van der Waals surface area contributed by atoms with Crippen molar-refractivity contribution >= 4 is 11.6 Å². The van der Waals surface area contributed by atoms with Crippen molar-refractivity contribution in [3.8, 4) is 0 Å². The summed E-state index contributed by atoms with van der Waals surface area (Å²) in [5.74, 6) is 1.31. The van der Waals surface area contributed by atoms with Gasteiger partial charge in [0, 0.05) is 17.8 Å². The van der Waals surface area contributed by atoms with Gasteiger partial charge in [0.1, 0.15) is 0 Å². The Hall–Kier alpha value is -1.26. The zero-order valence-electron chi connectivity index (χ0n) is 22.4. The van der Waals surface area contributed by atoms with Crippen LogP contribution in [-0.4, -0.2) is 34.5 Å². The molecule has 0 aliphatic heterocycles. The second-order valence-corrected chi connectivity index (χ2v) is 13.6. The Morgan fingerprint density at radius 3 is 2.44 bits per heavy atom. The molecule has 4 heteroatoms. The topological polar surface area (TPSA) is 74.6 Å². The highest BCUT2D eigenvalue weighted by Crippen LogP contribution is 2.72. The summed E-state index contributed by atoms with van der Waals surface area (Å²) in [6, 6.07) is 0. The van der Waals surface area contributed by atoms with E-state index in [-0.39, 0.29) is 46.3 Å². The van der Waals surface area contributed by atoms with Crippen LogP contribution >= 0.6 is 0 Å². The third-order valence-electron chi connectivity index (χ3n) is 11.5. The molecule has 0 heterocycles. The third-order valence-corrected chi connectivity index (χ3v) is 11.5. The van der Waals surface area contributed by atoms with Crippen molar-refractivity contribution < 1.29 is 19.8 Å². The van der Waals surface area contributed by atoms with Crippen molar-refractivity contribution in [1.29, 1.82) is 0 Å². The van der Waals surface area contributed by atoms with Gasteiger partial charge in [0.05, 0.1) is 12.7 Å². The van der Waals surface area contributed by atoms with Gasteiger partial charge in [0.2, 0.25) is 0 Å². The molecule has 0 aromatic carbocycles. The number of hydrogen-bond donors (Lipinski definition) is 2. The summed E-state index contributed by atoms with van der Waals surface area (Å²) < 4.78 is 0. The number of hydrogen-bond acceptors (Lipinski definition) is 4. The average molecular weight is 471 g/mol. The van der Waals surface area contributed by atoms with E-state index in [0.717, 1.165) is 44.1 Å². The van der Waals surface area contributed by atoms with E-state index in [1.54, 1.807) is 13.0 Å². The number of ketones is 2. The SMILES string of the molecule is C/C(=C\C(=O)C[C@H](C)[C@H]1CC[C@]2(C)C3=CC(=O)[C@H]4C(C)(C)[C@@H](O)CC[C@]4(C)[C@H]3CC[C@@]12C)CO. The third kappa shape index (κ3) is 3.53. The molecule has 2 N–H and O–H groups in total. The van der Waals surface area contributed by atoms with Crippen LogP contribution in [0.2, 0.25) is 0 Å². The average Bonchev–Trinajstić information content (AvgIpc) is 3.02. The summed E-state index contributed by atoms with van der Waals surface area (Å²) in [7, 11) is 0. The highest BCUT2D eigenvalue weighted by atomic mass is 16.3. The lowest BCUT2D eigenvalue weighted by Gasteiger charge is -2.63. The van der Waals surface area contributed by atoms with Crippen LogP contribution in [-0.2, 0) is 9.59 Å². The number of fused-ring (bicyclic) bond motifs is 5. The fourth-order valence-corrected chi connectivity index (χ4v) is 9.38. The first kappa shape index (κ1) is 25.8. The van der Waals surface area contributed by atoms with Gasteiger partial charge in [0.15, 0.2) is 11.6 Å². The molecule has 190 valence electrons. The number of rotatable bonds is 5. The van der Waals surface area contributed by atoms with Gasteiger partial charge < -0.3 is 10.2 Å². The maximum Gasteiger partial charge on any atom is 0.159 e. The molecule has 0 spiro atoms. The molecule has 4 nitrogen and oxygen atoms in total. The minimum absolute atomic E-state index is 0.0292. The first-order valence-corrected chi connectivity index (χ1v) is 13.5. The first-order chi connectivity index (χ1) is 15.7. The summed E-state index contributed by atoms with van der Waals surface area (Å²) >= 11 is 0. The lowest BCUT2D eigenvalue weighted by Crippen LogP contribution is -2.60. The van der Waals surface area contributed by atoms with Gasteiger partial charge in [-0.2, -0.15) is 0 Å². The molecule has 0 aromatic rings. The Morgan fingerprint density at radius 2 is 1.79 bits per heavy atom. The number of aliphatic hydroxyl groups is 2. The van der Waals surface area contributed by atoms with Gasteiger partial charge >= 0.3 is 0 Å². The van der Waals surface area contributed by atoms with Crippen molar-refractivity contribution in [2.45, 2.75) is 99.5 Å². The molecule has 8 atom stereocenters. The van der Waals surface area contributed by atoms with E-state index in [1.807, 2.05) is 6.08 Å². The predicted octanol–water partition coefficient (Wildman–Crippen LogP) is 5.67.